The van der Waals surface area contributed by atoms with E-state index in [0.29, 0.717) is 17.2 Å². The topological polar surface area (TPSA) is 95.9 Å². The van der Waals surface area contributed by atoms with E-state index >= 15 is 0 Å². The largest absolute Gasteiger partial charge is 0.464 e. The van der Waals surface area contributed by atoms with Gasteiger partial charge in [-0.25, -0.2) is 17.9 Å². The molecule has 2 aromatic rings. The van der Waals surface area contributed by atoms with Crippen molar-refractivity contribution in [3.8, 4) is 11.5 Å². The maximum atomic E-state index is 12.6. The third-order valence-electron chi connectivity index (χ3n) is 4.08. The Morgan fingerprint density at radius 1 is 1.28 bits per heavy atom. The van der Waals surface area contributed by atoms with E-state index in [1.54, 1.807) is 32.2 Å². The van der Waals surface area contributed by atoms with Crippen molar-refractivity contribution in [2.45, 2.75) is 18.4 Å². The molecule has 1 aromatic carbocycles. The fourth-order valence-corrected chi connectivity index (χ4v) is 3.86. The highest BCUT2D eigenvalue weighted by atomic mass is 32.2. The van der Waals surface area contributed by atoms with Crippen LogP contribution in [-0.4, -0.2) is 32.9 Å². The number of sulfonamides is 1. The van der Waals surface area contributed by atoms with Crippen LogP contribution in [0.15, 0.2) is 29.2 Å². The van der Waals surface area contributed by atoms with Crippen molar-refractivity contribution in [1.82, 2.24) is 9.29 Å². The summed E-state index contributed by atoms with van der Waals surface area (Å²) < 4.78 is 44.4. The molecule has 0 saturated carbocycles. The fourth-order valence-electron chi connectivity index (χ4n) is 2.55. The lowest BCUT2D eigenvalue weighted by atomic mass is 10.2. The number of nitrogens with one attached hydrogen (secondary N) is 1. The van der Waals surface area contributed by atoms with E-state index in [1.807, 2.05) is 0 Å². The molecule has 0 amide bonds. The van der Waals surface area contributed by atoms with Gasteiger partial charge >= 0.3 is 5.97 Å². The molecule has 0 radical (unpaired) electrons. The zero-order chi connectivity index (χ0) is 18.2. The smallest absolute Gasteiger partial charge is 0.354 e. The minimum Gasteiger partial charge on any atom is -0.464 e. The number of aromatic nitrogens is 1. The van der Waals surface area contributed by atoms with E-state index in [4.69, 9.17) is 9.47 Å². The predicted octanol–water partition coefficient (Wildman–Crippen LogP) is 1.33. The highest BCUT2D eigenvalue weighted by Crippen LogP contribution is 2.32. The number of hydrogen-bond acceptors (Lipinski definition) is 6. The van der Waals surface area contributed by atoms with Crippen LogP contribution in [0.1, 0.15) is 21.7 Å². The molecule has 8 nitrogen and oxygen atoms in total. The van der Waals surface area contributed by atoms with Gasteiger partial charge in [-0.3, -0.25) is 0 Å². The number of carbonyl (C=O) groups is 1. The van der Waals surface area contributed by atoms with Gasteiger partial charge in [0.2, 0.25) is 16.8 Å². The van der Waals surface area contributed by atoms with E-state index in [9.17, 15) is 13.2 Å². The number of esters is 1. The van der Waals surface area contributed by atoms with E-state index < -0.39 is 16.0 Å². The zero-order valence-electron chi connectivity index (χ0n) is 14.0. The van der Waals surface area contributed by atoms with Gasteiger partial charge in [0, 0.05) is 19.3 Å². The van der Waals surface area contributed by atoms with Crippen LogP contribution in [0.4, 0.5) is 0 Å². The first-order valence-electron chi connectivity index (χ1n) is 7.46. The molecule has 134 valence electrons. The molecular weight excluding hydrogens is 348 g/mol. The number of rotatable bonds is 5. The van der Waals surface area contributed by atoms with Gasteiger partial charge in [-0.05, 0) is 30.7 Å². The number of hydrogen-bond donors (Lipinski definition) is 1. The summed E-state index contributed by atoms with van der Waals surface area (Å²) >= 11 is 0. The molecule has 0 unspecified atom stereocenters. The van der Waals surface area contributed by atoms with Crippen LogP contribution in [-0.2, 0) is 28.4 Å². The average Bonchev–Trinajstić information content (AvgIpc) is 3.17. The van der Waals surface area contributed by atoms with Crippen LogP contribution in [0.25, 0.3) is 0 Å². The molecule has 1 N–H and O–H groups in total. The van der Waals surface area contributed by atoms with Crippen molar-refractivity contribution < 1.29 is 27.4 Å². The second-order valence-corrected chi connectivity index (χ2v) is 7.28. The molecule has 0 atom stereocenters. The first-order valence-corrected chi connectivity index (χ1v) is 8.94. The minimum absolute atomic E-state index is 0.0381. The number of carbonyl (C=O) groups excluding carboxylic acids is 1. The third kappa shape index (κ3) is 3.20. The third-order valence-corrected chi connectivity index (χ3v) is 5.59. The first kappa shape index (κ1) is 17.3. The lowest BCUT2D eigenvalue weighted by Crippen LogP contribution is -2.23. The Morgan fingerprint density at radius 3 is 2.72 bits per heavy atom. The summed E-state index contributed by atoms with van der Waals surface area (Å²) in [5.41, 5.74) is 1.34. The van der Waals surface area contributed by atoms with Crippen molar-refractivity contribution in [1.29, 1.82) is 0 Å². The first-order chi connectivity index (χ1) is 11.8. The summed E-state index contributed by atoms with van der Waals surface area (Å²) in [6, 6.07) is 6.52. The van der Waals surface area contributed by atoms with Crippen molar-refractivity contribution in [2.24, 2.45) is 7.05 Å². The van der Waals surface area contributed by atoms with Crippen LogP contribution in [0, 0.1) is 6.92 Å². The fraction of sp³-hybridized carbons (Fsp3) is 0.312. The summed E-state index contributed by atoms with van der Waals surface area (Å²) in [6.45, 7) is 1.87. The predicted molar refractivity (Wildman–Crippen MR) is 88.1 cm³/mol. The van der Waals surface area contributed by atoms with Gasteiger partial charge in [0.05, 0.1) is 7.11 Å². The molecule has 0 aliphatic carbocycles. The summed E-state index contributed by atoms with van der Waals surface area (Å²) in [4.78, 5) is 11.8. The van der Waals surface area contributed by atoms with Crippen molar-refractivity contribution >= 4 is 16.0 Å². The van der Waals surface area contributed by atoms with Gasteiger partial charge in [0.25, 0.3) is 0 Å². The minimum atomic E-state index is -3.80. The molecule has 3 rings (SSSR count). The highest BCUT2D eigenvalue weighted by Gasteiger charge is 2.24. The molecule has 9 heteroatoms. The van der Waals surface area contributed by atoms with E-state index in [1.165, 1.54) is 17.7 Å². The molecule has 1 aliphatic rings. The Morgan fingerprint density at radius 2 is 2.00 bits per heavy atom. The molecule has 0 spiro atoms. The van der Waals surface area contributed by atoms with Gasteiger partial charge in [-0.15, -0.1) is 0 Å². The summed E-state index contributed by atoms with van der Waals surface area (Å²) in [5, 5.41) is 0. The molecular formula is C16H18N2O6S. The van der Waals surface area contributed by atoms with Crippen LogP contribution < -0.4 is 14.2 Å². The number of fused-ring (bicyclic) bond motifs is 1. The number of methoxy groups -OCH3 is 1. The summed E-state index contributed by atoms with van der Waals surface area (Å²) in [6.07, 6.45) is 0. The molecule has 0 bridgehead atoms. The van der Waals surface area contributed by atoms with Crippen LogP contribution >= 0.6 is 0 Å². The zero-order valence-corrected chi connectivity index (χ0v) is 14.8. The molecule has 0 fully saturated rings. The van der Waals surface area contributed by atoms with Gasteiger partial charge in [0.15, 0.2) is 11.5 Å². The highest BCUT2D eigenvalue weighted by molar-refractivity contribution is 7.89. The van der Waals surface area contributed by atoms with Crippen molar-refractivity contribution in [3.05, 3.63) is 41.2 Å². The second kappa shape index (κ2) is 6.41. The van der Waals surface area contributed by atoms with E-state index in [-0.39, 0.29) is 23.9 Å². The van der Waals surface area contributed by atoms with Crippen molar-refractivity contribution in [2.75, 3.05) is 13.9 Å². The second-order valence-electron chi connectivity index (χ2n) is 5.54. The maximum absolute atomic E-state index is 12.6. The Kier molecular flexibility index (Phi) is 4.44. The SMILES string of the molecule is COC(=O)c1cc(S(=O)(=O)NCc2ccc3c(c2)OCO3)c(C)n1C. The van der Waals surface area contributed by atoms with Gasteiger partial charge < -0.3 is 18.8 Å². The van der Waals surface area contributed by atoms with Crippen LogP contribution in [0.3, 0.4) is 0 Å². The lowest BCUT2D eigenvalue weighted by Gasteiger charge is -2.08. The number of benzene rings is 1. The quantitative estimate of drug-likeness (QED) is 0.802. The standard InChI is InChI=1S/C16H18N2O6S/c1-10-15(7-12(18(10)2)16(19)22-3)25(20,21)17-8-11-4-5-13-14(6-11)24-9-23-13/h4-7,17H,8-9H2,1-3H3. The van der Waals surface area contributed by atoms with Gasteiger partial charge in [0.1, 0.15) is 10.6 Å². The molecule has 1 aromatic heterocycles. The number of nitrogens with zero attached hydrogens (tertiary/aromatic N) is 1. The maximum Gasteiger partial charge on any atom is 0.354 e. The van der Waals surface area contributed by atoms with Gasteiger partial charge in [-0.2, -0.15) is 0 Å². The van der Waals surface area contributed by atoms with Crippen LogP contribution in [0.5, 0.6) is 11.5 Å². The molecule has 0 saturated heterocycles. The monoisotopic (exact) mass is 366 g/mol. The Bertz CT molecular complexity index is 932. The van der Waals surface area contributed by atoms with Crippen LogP contribution in [0.2, 0.25) is 0 Å². The summed E-state index contributed by atoms with van der Waals surface area (Å²) in [7, 11) is -0.941. The molecule has 1 aliphatic heterocycles. The summed E-state index contributed by atoms with van der Waals surface area (Å²) in [5.74, 6) is 0.622. The Labute approximate surface area is 145 Å². The van der Waals surface area contributed by atoms with E-state index in [2.05, 4.69) is 9.46 Å². The van der Waals surface area contributed by atoms with Crippen molar-refractivity contribution in [3.63, 3.8) is 0 Å². The normalized spacial score (nSPS) is 13.1. The lowest BCUT2D eigenvalue weighted by molar-refractivity contribution is 0.0589. The Balaban J connectivity index is 1.82. The Hall–Kier alpha value is -2.52. The molecule has 25 heavy (non-hydrogen) atoms. The number of ether oxygens (including phenoxy) is 3. The average molecular weight is 366 g/mol. The van der Waals surface area contributed by atoms with Gasteiger partial charge in [-0.1, -0.05) is 6.07 Å². The molecule has 2 heterocycles. The van der Waals surface area contributed by atoms with E-state index in [0.717, 1.165) is 5.56 Å².